The molecule has 1 fully saturated rings. The standard InChI is InChI=1S/C10H9Cl2NO2S/c11-5-2-1-3-6(12)8(5)7-4-16-9(13-7)10(14)15/h1-3,7,9,13H,4H2,(H,14,15). The van der Waals surface area contributed by atoms with E-state index in [0.29, 0.717) is 15.8 Å². The number of thioether (sulfide) groups is 1. The number of carbonyl (C=O) groups is 1. The van der Waals surface area contributed by atoms with Crippen molar-refractivity contribution in [2.75, 3.05) is 5.75 Å². The maximum atomic E-state index is 10.8. The van der Waals surface area contributed by atoms with Gasteiger partial charge >= 0.3 is 5.97 Å². The molecule has 0 aromatic heterocycles. The van der Waals surface area contributed by atoms with E-state index in [4.69, 9.17) is 28.3 Å². The lowest BCUT2D eigenvalue weighted by atomic mass is 10.1. The zero-order valence-corrected chi connectivity index (χ0v) is 10.4. The van der Waals surface area contributed by atoms with Gasteiger partial charge in [-0.1, -0.05) is 29.3 Å². The summed E-state index contributed by atoms with van der Waals surface area (Å²) >= 11 is 13.5. The third-order valence-electron chi connectivity index (χ3n) is 2.35. The first-order valence-corrected chi connectivity index (χ1v) is 6.44. The van der Waals surface area contributed by atoms with E-state index in [0.717, 1.165) is 5.56 Å². The Hall–Kier alpha value is -0.420. The van der Waals surface area contributed by atoms with Crippen LogP contribution in [-0.4, -0.2) is 22.2 Å². The highest BCUT2D eigenvalue weighted by Gasteiger charge is 2.32. The topological polar surface area (TPSA) is 49.3 Å². The molecule has 16 heavy (non-hydrogen) atoms. The Morgan fingerprint density at radius 2 is 2.06 bits per heavy atom. The van der Waals surface area contributed by atoms with Crippen molar-refractivity contribution < 1.29 is 9.90 Å². The van der Waals surface area contributed by atoms with Crippen molar-refractivity contribution in [3.63, 3.8) is 0 Å². The van der Waals surface area contributed by atoms with Gasteiger partial charge in [-0.3, -0.25) is 5.32 Å². The minimum Gasteiger partial charge on any atom is -0.479 e. The maximum absolute atomic E-state index is 10.8. The molecule has 0 bridgehead atoms. The molecule has 2 N–H and O–H groups in total. The molecule has 2 rings (SSSR count). The van der Waals surface area contributed by atoms with Crippen LogP contribution in [0.5, 0.6) is 0 Å². The highest BCUT2D eigenvalue weighted by molar-refractivity contribution is 8.00. The number of benzene rings is 1. The monoisotopic (exact) mass is 277 g/mol. The van der Waals surface area contributed by atoms with E-state index in [9.17, 15) is 4.79 Å². The van der Waals surface area contributed by atoms with Gasteiger partial charge in [0.15, 0.2) is 5.37 Å². The predicted molar refractivity (Wildman–Crippen MR) is 66.2 cm³/mol. The summed E-state index contributed by atoms with van der Waals surface area (Å²) in [6.45, 7) is 0. The SMILES string of the molecule is O=C(O)C1NC(c2c(Cl)cccc2Cl)CS1. The van der Waals surface area contributed by atoms with Crippen LogP contribution < -0.4 is 5.32 Å². The number of carboxylic acid groups (broad SMARTS) is 1. The van der Waals surface area contributed by atoms with Crippen molar-refractivity contribution in [1.82, 2.24) is 5.32 Å². The molecule has 1 saturated heterocycles. The Morgan fingerprint density at radius 1 is 1.44 bits per heavy atom. The first kappa shape index (κ1) is 12.0. The molecule has 2 unspecified atom stereocenters. The lowest BCUT2D eigenvalue weighted by Crippen LogP contribution is -2.30. The van der Waals surface area contributed by atoms with Gasteiger partial charge in [0.2, 0.25) is 0 Å². The zero-order chi connectivity index (χ0) is 11.7. The normalized spacial score (nSPS) is 24.6. The number of aliphatic carboxylic acids is 1. The first-order chi connectivity index (χ1) is 7.59. The van der Waals surface area contributed by atoms with Crippen LogP contribution in [0.1, 0.15) is 11.6 Å². The van der Waals surface area contributed by atoms with Gasteiger partial charge in [0, 0.05) is 27.4 Å². The first-order valence-electron chi connectivity index (χ1n) is 4.64. The van der Waals surface area contributed by atoms with Crippen LogP contribution >= 0.6 is 35.0 Å². The Labute approximate surface area is 107 Å². The second-order valence-corrected chi connectivity index (χ2v) is 5.36. The number of rotatable bonds is 2. The zero-order valence-electron chi connectivity index (χ0n) is 8.11. The lowest BCUT2D eigenvalue weighted by molar-refractivity contribution is -0.137. The molecule has 1 aliphatic heterocycles. The number of carboxylic acids is 1. The minimum absolute atomic E-state index is 0.104. The van der Waals surface area contributed by atoms with Gasteiger partial charge < -0.3 is 5.11 Å². The quantitative estimate of drug-likeness (QED) is 0.873. The van der Waals surface area contributed by atoms with Gasteiger partial charge in [-0.05, 0) is 12.1 Å². The van der Waals surface area contributed by atoms with Crippen molar-refractivity contribution >= 4 is 40.9 Å². The molecule has 1 aromatic carbocycles. The number of halogens is 2. The Morgan fingerprint density at radius 3 is 2.56 bits per heavy atom. The van der Waals surface area contributed by atoms with Gasteiger partial charge in [0.1, 0.15) is 0 Å². The summed E-state index contributed by atoms with van der Waals surface area (Å²) in [4.78, 5) is 10.8. The summed E-state index contributed by atoms with van der Waals surface area (Å²) in [5.74, 6) is -0.212. The molecular formula is C10H9Cl2NO2S. The lowest BCUT2D eigenvalue weighted by Gasteiger charge is -2.14. The molecule has 0 spiro atoms. The molecule has 1 aromatic rings. The molecule has 1 heterocycles. The summed E-state index contributed by atoms with van der Waals surface area (Å²) in [6, 6.07) is 5.17. The van der Waals surface area contributed by atoms with Crippen molar-refractivity contribution in [3.05, 3.63) is 33.8 Å². The van der Waals surface area contributed by atoms with Crippen LogP contribution in [0.4, 0.5) is 0 Å². The maximum Gasteiger partial charge on any atom is 0.331 e. The average molecular weight is 278 g/mol. The Bertz CT molecular complexity index is 407. The molecule has 0 aliphatic carbocycles. The van der Waals surface area contributed by atoms with Gasteiger partial charge in [-0.2, -0.15) is 0 Å². The molecule has 1 aliphatic rings. The predicted octanol–water partition coefficient (Wildman–Crippen LogP) is 2.78. The van der Waals surface area contributed by atoms with Crippen molar-refractivity contribution in [3.8, 4) is 0 Å². The molecule has 0 saturated carbocycles. The summed E-state index contributed by atoms with van der Waals surface area (Å²) in [6.07, 6.45) is 0. The summed E-state index contributed by atoms with van der Waals surface area (Å²) in [5.41, 5.74) is 0.780. The van der Waals surface area contributed by atoms with Gasteiger partial charge in [-0.15, -0.1) is 11.8 Å². The fourth-order valence-corrected chi connectivity index (χ4v) is 3.34. The number of nitrogens with one attached hydrogen (secondary N) is 1. The molecule has 0 amide bonds. The van der Waals surface area contributed by atoms with Crippen LogP contribution in [0, 0.1) is 0 Å². The largest absolute Gasteiger partial charge is 0.479 e. The molecular weight excluding hydrogens is 269 g/mol. The molecule has 6 heteroatoms. The second kappa shape index (κ2) is 4.84. The van der Waals surface area contributed by atoms with Gasteiger partial charge in [-0.25, -0.2) is 4.79 Å². The summed E-state index contributed by atoms with van der Waals surface area (Å²) in [5, 5.41) is 12.4. The van der Waals surface area contributed by atoms with E-state index < -0.39 is 11.3 Å². The van der Waals surface area contributed by atoms with E-state index in [-0.39, 0.29) is 6.04 Å². The summed E-state index contributed by atoms with van der Waals surface area (Å²) in [7, 11) is 0. The fraction of sp³-hybridized carbons (Fsp3) is 0.300. The average Bonchev–Trinajstić information content (AvgIpc) is 2.66. The number of hydrogen-bond acceptors (Lipinski definition) is 3. The van der Waals surface area contributed by atoms with E-state index in [2.05, 4.69) is 5.32 Å². The van der Waals surface area contributed by atoms with E-state index >= 15 is 0 Å². The van der Waals surface area contributed by atoms with Gasteiger partial charge in [0.25, 0.3) is 0 Å². The number of hydrogen-bond donors (Lipinski definition) is 2. The van der Waals surface area contributed by atoms with E-state index in [1.807, 2.05) is 0 Å². The smallest absolute Gasteiger partial charge is 0.331 e. The third kappa shape index (κ3) is 2.30. The highest BCUT2D eigenvalue weighted by atomic mass is 35.5. The van der Waals surface area contributed by atoms with Crippen molar-refractivity contribution in [2.45, 2.75) is 11.4 Å². The molecule has 0 radical (unpaired) electrons. The van der Waals surface area contributed by atoms with E-state index in [1.165, 1.54) is 11.8 Å². The Balaban J connectivity index is 2.24. The molecule has 3 nitrogen and oxygen atoms in total. The van der Waals surface area contributed by atoms with Crippen LogP contribution in [0.25, 0.3) is 0 Å². The summed E-state index contributed by atoms with van der Waals surface area (Å²) < 4.78 is 0. The Kier molecular flexibility index (Phi) is 3.64. The van der Waals surface area contributed by atoms with Crippen LogP contribution in [0.15, 0.2) is 18.2 Å². The van der Waals surface area contributed by atoms with E-state index in [1.54, 1.807) is 18.2 Å². The minimum atomic E-state index is -0.865. The molecule has 2 atom stereocenters. The van der Waals surface area contributed by atoms with Crippen LogP contribution in [-0.2, 0) is 4.79 Å². The van der Waals surface area contributed by atoms with Gasteiger partial charge in [0.05, 0.1) is 0 Å². The second-order valence-electron chi connectivity index (χ2n) is 3.41. The third-order valence-corrected chi connectivity index (χ3v) is 4.21. The highest BCUT2D eigenvalue weighted by Crippen LogP contribution is 2.36. The van der Waals surface area contributed by atoms with Crippen LogP contribution in [0.3, 0.4) is 0 Å². The fourth-order valence-electron chi connectivity index (χ4n) is 1.62. The molecule has 86 valence electrons. The van der Waals surface area contributed by atoms with Crippen LogP contribution in [0.2, 0.25) is 10.0 Å². The van der Waals surface area contributed by atoms with Crippen molar-refractivity contribution in [1.29, 1.82) is 0 Å². The van der Waals surface area contributed by atoms with Crippen molar-refractivity contribution in [2.24, 2.45) is 0 Å².